The first-order valence-corrected chi connectivity index (χ1v) is 9.07. The molecule has 0 radical (unpaired) electrons. The summed E-state index contributed by atoms with van der Waals surface area (Å²) in [5.41, 5.74) is 9.38. The Labute approximate surface area is 140 Å². The first-order chi connectivity index (χ1) is 11.2. The van der Waals surface area contributed by atoms with Gasteiger partial charge in [-0.05, 0) is 66.7 Å². The molecule has 4 rings (SSSR count). The standard InChI is InChI=1S/C23H26/c1-3-11-23(12-13-23)16-18-14-20-5-4-6-21(22(20)15-18)19-9-7-17(2)8-10-19/h4-10,15H,3,11-14,16H2,1-2H3. The highest BCUT2D eigenvalue weighted by atomic mass is 14.5. The van der Waals surface area contributed by atoms with Gasteiger partial charge in [-0.25, -0.2) is 0 Å². The predicted octanol–water partition coefficient (Wildman–Crippen LogP) is 6.57. The quantitative estimate of drug-likeness (QED) is 0.585. The van der Waals surface area contributed by atoms with Crippen molar-refractivity contribution < 1.29 is 0 Å². The molecular weight excluding hydrogens is 276 g/mol. The lowest BCUT2D eigenvalue weighted by atomic mass is 9.91. The van der Waals surface area contributed by atoms with Crippen LogP contribution in [0.1, 0.15) is 55.7 Å². The molecule has 0 heterocycles. The van der Waals surface area contributed by atoms with Crippen LogP contribution in [0.4, 0.5) is 0 Å². The van der Waals surface area contributed by atoms with E-state index >= 15 is 0 Å². The third-order valence-corrected chi connectivity index (χ3v) is 5.66. The lowest BCUT2D eigenvalue weighted by Crippen LogP contribution is -2.01. The molecule has 0 aromatic heterocycles. The molecule has 1 fully saturated rings. The second-order valence-electron chi connectivity index (χ2n) is 7.65. The van der Waals surface area contributed by atoms with E-state index in [1.54, 1.807) is 5.57 Å². The monoisotopic (exact) mass is 302 g/mol. The van der Waals surface area contributed by atoms with Crippen molar-refractivity contribution in [2.75, 3.05) is 0 Å². The number of benzene rings is 2. The minimum atomic E-state index is 0.659. The third kappa shape index (κ3) is 2.87. The number of hydrogen-bond donors (Lipinski definition) is 0. The average molecular weight is 302 g/mol. The number of aryl methyl sites for hydroxylation is 1. The van der Waals surface area contributed by atoms with Gasteiger partial charge in [0.25, 0.3) is 0 Å². The average Bonchev–Trinajstić information content (AvgIpc) is 3.16. The zero-order valence-corrected chi connectivity index (χ0v) is 14.4. The normalized spacial score (nSPS) is 17.7. The second-order valence-corrected chi connectivity index (χ2v) is 7.65. The molecule has 0 heteroatoms. The van der Waals surface area contributed by atoms with Crippen molar-refractivity contribution in [1.82, 2.24) is 0 Å². The van der Waals surface area contributed by atoms with Crippen LogP contribution in [0, 0.1) is 12.3 Å². The summed E-state index contributed by atoms with van der Waals surface area (Å²) in [4.78, 5) is 0. The Hall–Kier alpha value is -1.82. The van der Waals surface area contributed by atoms with Crippen molar-refractivity contribution in [3.63, 3.8) is 0 Å². The molecule has 0 amide bonds. The molecule has 2 aromatic carbocycles. The van der Waals surface area contributed by atoms with Crippen molar-refractivity contribution in [3.8, 4) is 11.1 Å². The summed E-state index contributed by atoms with van der Waals surface area (Å²) in [5, 5.41) is 0. The van der Waals surface area contributed by atoms with Crippen LogP contribution in [0.5, 0.6) is 0 Å². The van der Waals surface area contributed by atoms with E-state index in [0.717, 1.165) is 0 Å². The molecule has 0 aliphatic heterocycles. The van der Waals surface area contributed by atoms with Gasteiger partial charge in [-0.3, -0.25) is 0 Å². The minimum absolute atomic E-state index is 0.659. The number of hydrogen-bond acceptors (Lipinski definition) is 0. The summed E-state index contributed by atoms with van der Waals surface area (Å²) < 4.78 is 0. The van der Waals surface area contributed by atoms with Gasteiger partial charge in [0.15, 0.2) is 0 Å². The van der Waals surface area contributed by atoms with E-state index in [-0.39, 0.29) is 0 Å². The van der Waals surface area contributed by atoms with Crippen LogP contribution in [0.25, 0.3) is 17.2 Å². The highest BCUT2D eigenvalue weighted by Gasteiger charge is 2.42. The summed E-state index contributed by atoms with van der Waals surface area (Å²) in [5.74, 6) is 0. The van der Waals surface area contributed by atoms with Gasteiger partial charge in [-0.2, -0.15) is 0 Å². The second kappa shape index (κ2) is 5.67. The molecule has 118 valence electrons. The van der Waals surface area contributed by atoms with Crippen LogP contribution in [-0.4, -0.2) is 0 Å². The van der Waals surface area contributed by atoms with E-state index in [1.165, 1.54) is 66.3 Å². The molecule has 23 heavy (non-hydrogen) atoms. The molecule has 0 N–H and O–H groups in total. The fourth-order valence-electron chi connectivity index (χ4n) is 4.24. The largest absolute Gasteiger partial charge is 0.0654 e. The van der Waals surface area contributed by atoms with Crippen molar-refractivity contribution in [2.24, 2.45) is 5.41 Å². The lowest BCUT2D eigenvalue weighted by Gasteiger charge is -2.14. The van der Waals surface area contributed by atoms with E-state index in [2.05, 4.69) is 62.4 Å². The molecule has 1 saturated carbocycles. The lowest BCUT2D eigenvalue weighted by molar-refractivity contribution is 0.454. The van der Waals surface area contributed by atoms with Gasteiger partial charge in [0.1, 0.15) is 0 Å². The Morgan fingerprint density at radius 2 is 1.78 bits per heavy atom. The maximum absolute atomic E-state index is 2.50. The molecular formula is C23H26. The maximum Gasteiger partial charge on any atom is -0.00574 e. The molecule has 0 bridgehead atoms. The summed E-state index contributed by atoms with van der Waals surface area (Å²) in [6.07, 6.45) is 10.6. The van der Waals surface area contributed by atoms with Crippen LogP contribution in [-0.2, 0) is 6.42 Å². The van der Waals surface area contributed by atoms with Gasteiger partial charge >= 0.3 is 0 Å². The van der Waals surface area contributed by atoms with Crippen LogP contribution in [0.2, 0.25) is 0 Å². The van der Waals surface area contributed by atoms with Crippen molar-refractivity contribution >= 4 is 6.08 Å². The van der Waals surface area contributed by atoms with Gasteiger partial charge in [-0.15, -0.1) is 0 Å². The van der Waals surface area contributed by atoms with Gasteiger partial charge < -0.3 is 0 Å². The first kappa shape index (κ1) is 14.8. The summed E-state index contributed by atoms with van der Waals surface area (Å²) in [6, 6.07) is 15.8. The Balaban J connectivity index is 1.64. The highest BCUT2D eigenvalue weighted by Crippen LogP contribution is 2.55. The van der Waals surface area contributed by atoms with Crippen LogP contribution < -0.4 is 0 Å². The minimum Gasteiger partial charge on any atom is -0.0654 e. The Kier molecular flexibility index (Phi) is 3.64. The van der Waals surface area contributed by atoms with E-state index in [9.17, 15) is 0 Å². The molecule has 0 spiro atoms. The number of rotatable bonds is 5. The Morgan fingerprint density at radius 3 is 2.48 bits per heavy atom. The Morgan fingerprint density at radius 1 is 1.00 bits per heavy atom. The molecule has 2 aliphatic carbocycles. The fourth-order valence-corrected chi connectivity index (χ4v) is 4.24. The molecule has 0 nitrogen and oxygen atoms in total. The van der Waals surface area contributed by atoms with Crippen molar-refractivity contribution in [1.29, 1.82) is 0 Å². The van der Waals surface area contributed by atoms with E-state index in [1.807, 2.05) is 0 Å². The van der Waals surface area contributed by atoms with Gasteiger partial charge in [0, 0.05) is 0 Å². The predicted molar refractivity (Wildman–Crippen MR) is 99.5 cm³/mol. The summed E-state index contributed by atoms with van der Waals surface area (Å²) in [7, 11) is 0. The van der Waals surface area contributed by atoms with Crippen LogP contribution in [0.3, 0.4) is 0 Å². The number of fused-ring (bicyclic) bond motifs is 1. The van der Waals surface area contributed by atoms with E-state index in [4.69, 9.17) is 0 Å². The number of allylic oxidation sites excluding steroid dienone is 1. The van der Waals surface area contributed by atoms with Crippen molar-refractivity contribution in [3.05, 3.63) is 64.7 Å². The third-order valence-electron chi connectivity index (χ3n) is 5.66. The molecule has 0 atom stereocenters. The fraction of sp³-hybridized carbons (Fsp3) is 0.391. The zero-order valence-electron chi connectivity index (χ0n) is 14.4. The Bertz CT molecular complexity index is 742. The van der Waals surface area contributed by atoms with Crippen molar-refractivity contribution in [2.45, 2.75) is 52.4 Å². The van der Waals surface area contributed by atoms with E-state index < -0.39 is 0 Å². The molecule has 0 unspecified atom stereocenters. The smallest absolute Gasteiger partial charge is 0.00574 e. The van der Waals surface area contributed by atoms with Crippen LogP contribution in [0.15, 0.2) is 48.0 Å². The molecule has 0 saturated heterocycles. The van der Waals surface area contributed by atoms with Gasteiger partial charge in [0.05, 0.1) is 0 Å². The molecule has 2 aliphatic rings. The molecule has 2 aromatic rings. The summed E-state index contributed by atoms with van der Waals surface area (Å²) in [6.45, 7) is 4.48. The summed E-state index contributed by atoms with van der Waals surface area (Å²) >= 11 is 0. The first-order valence-electron chi connectivity index (χ1n) is 9.07. The zero-order chi connectivity index (χ0) is 15.9. The highest BCUT2D eigenvalue weighted by molar-refractivity contribution is 5.80. The van der Waals surface area contributed by atoms with Gasteiger partial charge in [0.2, 0.25) is 0 Å². The SMILES string of the molecule is CCCC1(CC2=Cc3c(cccc3-c3ccc(C)cc3)C2)CC1. The van der Waals surface area contributed by atoms with E-state index in [0.29, 0.717) is 5.41 Å². The topological polar surface area (TPSA) is 0 Å². The van der Waals surface area contributed by atoms with Crippen LogP contribution >= 0.6 is 0 Å². The van der Waals surface area contributed by atoms with Gasteiger partial charge in [-0.1, -0.05) is 73.0 Å². The maximum atomic E-state index is 2.50.